The Kier molecular flexibility index (Phi) is 5.27. The normalized spacial score (nSPS) is 12.7. The molecule has 0 aliphatic heterocycles. The maximum atomic E-state index is 14.1. The van der Waals surface area contributed by atoms with Crippen LogP contribution < -0.4 is 4.80 Å². The molecule has 0 saturated carbocycles. The first-order valence-electron chi connectivity index (χ1n) is 7.34. The maximum absolute atomic E-state index is 14.1. The van der Waals surface area contributed by atoms with Crippen LogP contribution in [0.25, 0.3) is 0 Å². The quantitative estimate of drug-likeness (QED) is 0.750. The van der Waals surface area contributed by atoms with Gasteiger partial charge in [0.2, 0.25) is 0 Å². The third-order valence-electron chi connectivity index (χ3n) is 3.62. The number of rotatable bonds is 3. The van der Waals surface area contributed by atoms with Crippen molar-refractivity contribution in [2.45, 2.75) is 39.9 Å². The van der Waals surface area contributed by atoms with E-state index in [2.05, 4.69) is 4.99 Å². The average Bonchev–Trinajstić information content (AvgIpc) is 2.81. The molecule has 0 aliphatic carbocycles. The van der Waals surface area contributed by atoms with Gasteiger partial charge in [0.25, 0.3) is 5.91 Å². The predicted octanol–water partition coefficient (Wildman–Crippen LogP) is 4.34. The van der Waals surface area contributed by atoms with Crippen LogP contribution >= 0.6 is 11.3 Å². The van der Waals surface area contributed by atoms with Gasteiger partial charge in [-0.05, 0) is 32.4 Å². The van der Waals surface area contributed by atoms with Crippen LogP contribution in [0, 0.1) is 12.7 Å². The van der Waals surface area contributed by atoms with Crippen LogP contribution in [0.2, 0.25) is 0 Å². The maximum Gasteiger partial charge on any atom is 0.419 e. The summed E-state index contributed by atoms with van der Waals surface area (Å²) in [6.45, 7) is 6.26. The van der Waals surface area contributed by atoms with Gasteiger partial charge in [-0.2, -0.15) is 18.2 Å². The van der Waals surface area contributed by atoms with Gasteiger partial charge in [0, 0.05) is 17.1 Å². The van der Waals surface area contributed by atoms with Crippen molar-refractivity contribution in [2.75, 3.05) is 0 Å². The smallest absolute Gasteiger partial charge is 0.321 e. The van der Waals surface area contributed by atoms with Crippen molar-refractivity contribution in [1.82, 2.24) is 4.57 Å². The number of alkyl halides is 3. The van der Waals surface area contributed by atoms with Gasteiger partial charge in [-0.3, -0.25) is 4.79 Å². The highest BCUT2D eigenvalue weighted by molar-refractivity contribution is 7.09. The van der Waals surface area contributed by atoms with E-state index in [0.29, 0.717) is 17.4 Å². The molecule has 1 aromatic carbocycles. The molecule has 2 rings (SSSR count). The van der Waals surface area contributed by atoms with Crippen molar-refractivity contribution in [1.29, 1.82) is 0 Å². The fourth-order valence-corrected chi connectivity index (χ4v) is 3.51. The number of carbonyl (C=O) groups is 1. The molecule has 2 aromatic rings. The lowest BCUT2D eigenvalue weighted by molar-refractivity contribution is -0.140. The van der Waals surface area contributed by atoms with Gasteiger partial charge in [0.15, 0.2) is 4.80 Å². The Labute approximate surface area is 140 Å². The Morgan fingerprint density at radius 3 is 2.50 bits per heavy atom. The van der Waals surface area contributed by atoms with E-state index >= 15 is 0 Å². The standard InChI is InChI=1S/C16H16F4N2OS/c1-4-12-9(3)22(5-2)15(24-12)21-14(23)10-7-6-8-11(13(10)17)16(18,19)20/h6-8H,4-5H2,1-3H3. The Morgan fingerprint density at radius 2 is 1.96 bits per heavy atom. The molecule has 0 bridgehead atoms. The number of thiazole rings is 1. The average molecular weight is 360 g/mol. The third kappa shape index (κ3) is 3.43. The summed E-state index contributed by atoms with van der Waals surface area (Å²) in [6.07, 6.45) is -4.11. The molecular weight excluding hydrogens is 344 g/mol. The molecule has 1 amide bonds. The summed E-state index contributed by atoms with van der Waals surface area (Å²) in [6, 6.07) is 2.61. The van der Waals surface area contributed by atoms with Crippen LogP contribution in [0.15, 0.2) is 23.2 Å². The van der Waals surface area contributed by atoms with E-state index in [1.807, 2.05) is 20.8 Å². The highest BCUT2D eigenvalue weighted by Crippen LogP contribution is 2.32. The van der Waals surface area contributed by atoms with Crippen molar-refractivity contribution in [3.8, 4) is 0 Å². The third-order valence-corrected chi connectivity index (χ3v) is 4.95. The topological polar surface area (TPSA) is 34.4 Å². The SMILES string of the molecule is CCc1sc(=NC(=O)c2cccc(C(F)(F)F)c2F)n(CC)c1C. The number of hydrogen-bond donors (Lipinski definition) is 0. The van der Waals surface area contributed by atoms with Crippen molar-refractivity contribution >= 4 is 17.2 Å². The number of carbonyl (C=O) groups excluding carboxylic acids is 1. The fourth-order valence-electron chi connectivity index (χ4n) is 2.38. The van der Waals surface area contributed by atoms with Gasteiger partial charge < -0.3 is 4.57 Å². The molecule has 130 valence electrons. The molecule has 1 heterocycles. The zero-order valence-electron chi connectivity index (χ0n) is 13.4. The predicted molar refractivity (Wildman–Crippen MR) is 83.4 cm³/mol. The second-order valence-electron chi connectivity index (χ2n) is 5.07. The summed E-state index contributed by atoms with van der Waals surface area (Å²) in [4.78, 5) is 17.4. The highest BCUT2D eigenvalue weighted by Gasteiger charge is 2.35. The van der Waals surface area contributed by atoms with Gasteiger partial charge in [0.05, 0.1) is 11.1 Å². The zero-order valence-corrected chi connectivity index (χ0v) is 14.2. The van der Waals surface area contributed by atoms with Gasteiger partial charge in [-0.25, -0.2) is 4.39 Å². The first-order valence-corrected chi connectivity index (χ1v) is 8.16. The van der Waals surface area contributed by atoms with E-state index in [1.165, 1.54) is 11.3 Å². The molecule has 24 heavy (non-hydrogen) atoms. The molecule has 3 nitrogen and oxygen atoms in total. The minimum Gasteiger partial charge on any atom is -0.321 e. The largest absolute Gasteiger partial charge is 0.419 e. The summed E-state index contributed by atoms with van der Waals surface area (Å²) < 4.78 is 54.1. The Morgan fingerprint density at radius 1 is 1.29 bits per heavy atom. The van der Waals surface area contributed by atoms with Crippen LogP contribution in [0.4, 0.5) is 17.6 Å². The summed E-state index contributed by atoms with van der Waals surface area (Å²) in [5.41, 5.74) is -1.21. The zero-order chi connectivity index (χ0) is 18.1. The number of benzene rings is 1. The number of aryl methyl sites for hydroxylation is 1. The lowest BCUT2D eigenvalue weighted by atomic mass is 10.1. The molecule has 0 radical (unpaired) electrons. The molecule has 0 N–H and O–H groups in total. The van der Waals surface area contributed by atoms with E-state index in [9.17, 15) is 22.4 Å². The van der Waals surface area contributed by atoms with E-state index < -0.39 is 29.0 Å². The molecule has 0 aliphatic rings. The summed E-state index contributed by atoms with van der Waals surface area (Å²) >= 11 is 1.28. The number of hydrogen-bond acceptors (Lipinski definition) is 2. The van der Waals surface area contributed by atoms with E-state index in [0.717, 1.165) is 29.1 Å². The molecule has 0 spiro atoms. The molecular formula is C16H16F4N2OS. The summed E-state index contributed by atoms with van der Waals surface area (Å²) in [5.74, 6) is -2.62. The summed E-state index contributed by atoms with van der Waals surface area (Å²) in [5, 5.41) is 0. The number of halogens is 4. The Balaban J connectivity index is 2.56. The van der Waals surface area contributed by atoms with E-state index in [1.54, 1.807) is 4.57 Å². The van der Waals surface area contributed by atoms with Gasteiger partial charge in [-0.1, -0.05) is 13.0 Å². The molecule has 0 saturated heterocycles. The van der Waals surface area contributed by atoms with Gasteiger partial charge in [0.1, 0.15) is 5.82 Å². The van der Waals surface area contributed by atoms with Crippen LogP contribution in [0.5, 0.6) is 0 Å². The monoisotopic (exact) mass is 360 g/mol. The Bertz CT molecular complexity index is 834. The first-order chi connectivity index (χ1) is 11.2. The van der Waals surface area contributed by atoms with E-state index in [4.69, 9.17) is 0 Å². The van der Waals surface area contributed by atoms with Crippen molar-refractivity contribution in [3.63, 3.8) is 0 Å². The second kappa shape index (κ2) is 6.88. The molecule has 1 aromatic heterocycles. The first kappa shape index (κ1) is 18.4. The van der Waals surface area contributed by atoms with Crippen molar-refractivity contribution in [3.05, 3.63) is 50.5 Å². The van der Waals surface area contributed by atoms with Gasteiger partial charge >= 0.3 is 6.18 Å². The molecule has 0 unspecified atom stereocenters. The second-order valence-corrected chi connectivity index (χ2v) is 6.13. The summed E-state index contributed by atoms with van der Waals surface area (Å²) in [7, 11) is 0. The minimum atomic E-state index is -4.86. The molecule has 0 atom stereocenters. The van der Waals surface area contributed by atoms with Gasteiger partial charge in [-0.15, -0.1) is 11.3 Å². The Hall–Kier alpha value is -1.96. The van der Waals surface area contributed by atoms with E-state index in [-0.39, 0.29) is 0 Å². The van der Waals surface area contributed by atoms with Crippen LogP contribution in [-0.4, -0.2) is 10.5 Å². The minimum absolute atomic E-state index is 0.355. The van der Waals surface area contributed by atoms with Crippen molar-refractivity contribution < 1.29 is 22.4 Å². The number of aromatic nitrogens is 1. The lowest BCUT2D eigenvalue weighted by Gasteiger charge is -2.09. The highest BCUT2D eigenvalue weighted by atomic mass is 32.1. The van der Waals surface area contributed by atoms with Crippen LogP contribution in [0.1, 0.15) is 40.3 Å². The van der Waals surface area contributed by atoms with Crippen LogP contribution in [0.3, 0.4) is 0 Å². The van der Waals surface area contributed by atoms with Crippen molar-refractivity contribution in [2.24, 2.45) is 4.99 Å². The lowest BCUT2D eigenvalue weighted by Crippen LogP contribution is -2.18. The molecule has 8 heteroatoms. The fraction of sp³-hybridized carbons (Fsp3) is 0.375. The molecule has 0 fully saturated rings. The van der Waals surface area contributed by atoms with Crippen LogP contribution in [-0.2, 0) is 19.1 Å². The number of nitrogens with zero attached hydrogens (tertiary/aromatic N) is 2. The number of amides is 1.